The molecule has 0 spiro atoms. The Morgan fingerprint density at radius 2 is 1.75 bits per heavy atom. The molecule has 0 unspecified atom stereocenters. The summed E-state index contributed by atoms with van der Waals surface area (Å²) in [5.41, 5.74) is 2.26. The van der Waals surface area contributed by atoms with Gasteiger partial charge in [0.2, 0.25) is 0 Å². The van der Waals surface area contributed by atoms with Crippen LogP contribution in [0.5, 0.6) is 0 Å². The number of anilines is 1. The predicted molar refractivity (Wildman–Crippen MR) is 102 cm³/mol. The van der Waals surface area contributed by atoms with Crippen molar-refractivity contribution in [2.24, 2.45) is 5.92 Å². The molecular formula is C20H24N2OS. The van der Waals surface area contributed by atoms with Gasteiger partial charge in [0.25, 0.3) is 0 Å². The summed E-state index contributed by atoms with van der Waals surface area (Å²) >= 11 is 1.70. The first kappa shape index (κ1) is 16.9. The van der Waals surface area contributed by atoms with E-state index in [0.29, 0.717) is 5.92 Å². The molecule has 1 aliphatic rings. The van der Waals surface area contributed by atoms with E-state index in [9.17, 15) is 4.79 Å². The number of thioether (sulfide) groups is 1. The second-order valence-electron chi connectivity index (χ2n) is 6.28. The average molecular weight is 340 g/mol. The van der Waals surface area contributed by atoms with E-state index < -0.39 is 0 Å². The molecule has 2 aromatic carbocycles. The molecular weight excluding hydrogens is 316 g/mol. The summed E-state index contributed by atoms with van der Waals surface area (Å²) in [5, 5.41) is 3.01. The van der Waals surface area contributed by atoms with Crippen LogP contribution in [0.2, 0.25) is 0 Å². The van der Waals surface area contributed by atoms with Crippen LogP contribution < -0.4 is 5.32 Å². The SMILES string of the molecule is CSc1ccc(NC(=O)N2CCC(Cc3ccccc3)CC2)cc1. The van der Waals surface area contributed by atoms with Crippen molar-refractivity contribution in [1.82, 2.24) is 4.90 Å². The van der Waals surface area contributed by atoms with Gasteiger partial charge in [0, 0.05) is 23.7 Å². The Hall–Kier alpha value is -1.94. The van der Waals surface area contributed by atoms with Crippen LogP contribution in [0.1, 0.15) is 18.4 Å². The van der Waals surface area contributed by atoms with E-state index in [1.54, 1.807) is 11.8 Å². The standard InChI is InChI=1S/C20H24N2OS/c1-24-19-9-7-18(8-10-19)21-20(23)22-13-11-17(12-14-22)15-16-5-3-2-4-6-16/h2-10,17H,11-15H2,1H3,(H,21,23). The predicted octanol–water partition coefficient (Wildman–Crippen LogP) is 4.90. The van der Waals surface area contributed by atoms with E-state index in [1.807, 2.05) is 35.4 Å². The molecule has 0 aromatic heterocycles. The van der Waals surface area contributed by atoms with Gasteiger partial charge >= 0.3 is 6.03 Å². The second kappa shape index (κ2) is 8.25. The third kappa shape index (κ3) is 4.54. The lowest BCUT2D eigenvalue weighted by Crippen LogP contribution is -2.41. The fraction of sp³-hybridized carbons (Fsp3) is 0.350. The van der Waals surface area contributed by atoms with Crippen LogP contribution >= 0.6 is 11.8 Å². The number of urea groups is 1. The van der Waals surface area contributed by atoms with Crippen LogP contribution in [0.4, 0.5) is 10.5 Å². The van der Waals surface area contributed by atoms with Crippen molar-refractivity contribution in [2.75, 3.05) is 24.7 Å². The zero-order valence-electron chi connectivity index (χ0n) is 14.1. The first-order valence-corrected chi connectivity index (χ1v) is 9.71. The topological polar surface area (TPSA) is 32.3 Å². The number of hydrogen-bond acceptors (Lipinski definition) is 2. The van der Waals surface area contributed by atoms with Crippen molar-refractivity contribution in [3.63, 3.8) is 0 Å². The van der Waals surface area contributed by atoms with Gasteiger partial charge in [-0.2, -0.15) is 0 Å². The molecule has 0 saturated carbocycles. The highest BCUT2D eigenvalue weighted by atomic mass is 32.2. The minimum absolute atomic E-state index is 0.0186. The van der Waals surface area contributed by atoms with Gasteiger partial charge in [0.1, 0.15) is 0 Å². The summed E-state index contributed by atoms with van der Waals surface area (Å²) in [6.07, 6.45) is 5.32. The maximum Gasteiger partial charge on any atom is 0.321 e. The first-order chi connectivity index (χ1) is 11.7. The van der Waals surface area contributed by atoms with Crippen molar-refractivity contribution >= 4 is 23.5 Å². The Kier molecular flexibility index (Phi) is 5.81. The Labute approximate surface area is 148 Å². The summed E-state index contributed by atoms with van der Waals surface area (Å²) in [6, 6.07) is 18.7. The van der Waals surface area contributed by atoms with Gasteiger partial charge in [-0.15, -0.1) is 11.8 Å². The Morgan fingerprint density at radius 1 is 1.08 bits per heavy atom. The van der Waals surface area contributed by atoms with Crippen molar-refractivity contribution in [2.45, 2.75) is 24.2 Å². The van der Waals surface area contributed by atoms with E-state index in [1.165, 1.54) is 10.5 Å². The number of amides is 2. The van der Waals surface area contributed by atoms with E-state index >= 15 is 0 Å². The normalized spacial score (nSPS) is 15.3. The molecule has 0 radical (unpaired) electrons. The Morgan fingerprint density at radius 3 is 2.38 bits per heavy atom. The number of likely N-dealkylation sites (tertiary alicyclic amines) is 1. The van der Waals surface area contributed by atoms with Gasteiger partial charge in [-0.25, -0.2) is 4.79 Å². The molecule has 2 amide bonds. The summed E-state index contributed by atoms with van der Waals surface area (Å²) in [6.45, 7) is 1.68. The van der Waals surface area contributed by atoms with Gasteiger partial charge < -0.3 is 10.2 Å². The van der Waals surface area contributed by atoms with Crippen LogP contribution in [0, 0.1) is 5.92 Å². The molecule has 24 heavy (non-hydrogen) atoms. The molecule has 1 fully saturated rings. The van der Waals surface area contributed by atoms with E-state index in [4.69, 9.17) is 0 Å². The fourth-order valence-electron chi connectivity index (χ4n) is 3.16. The van der Waals surface area contributed by atoms with Gasteiger partial charge in [0.15, 0.2) is 0 Å². The van der Waals surface area contributed by atoms with E-state index in [-0.39, 0.29) is 6.03 Å². The third-order valence-electron chi connectivity index (χ3n) is 4.61. The molecule has 1 aliphatic heterocycles. The van der Waals surface area contributed by atoms with Crippen LogP contribution in [0.25, 0.3) is 0 Å². The molecule has 0 aliphatic carbocycles. The molecule has 3 nitrogen and oxygen atoms in total. The Bertz CT molecular complexity index is 649. The fourth-order valence-corrected chi connectivity index (χ4v) is 3.57. The number of rotatable bonds is 4. The number of hydrogen-bond donors (Lipinski definition) is 1. The van der Waals surface area contributed by atoms with E-state index in [2.05, 4.69) is 35.6 Å². The summed E-state index contributed by atoms with van der Waals surface area (Å²) < 4.78 is 0. The quantitative estimate of drug-likeness (QED) is 0.803. The molecule has 1 heterocycles. The molecule has 126 valence electrons. The Balaban J connectivity index is 1.47. The highest BCUT2D eigenvalue weighted by Gasteiger charge is 2.22. The number of benzene rings is 2. The number of nitrogens with zero attached hydrogens (tertiary/aromatic N) is 1. The summed E-state index contributed by atoms with van der Waals surface area (Å²) in [7, 11) is 0. The number of carbonyl (C=O) groups excluding carboxylic acids is 1. The summed E-state index contributed by atoms with van der Waals surface area (Å²) in [4.78, 5) is 15.5. The van der Waals surface area contributed by atoms with Crippen LogP contribution in [-0.2, 0) is 6.42 Å². The smallest absolute Gasteiger partial charge is 0.321 e. The van der Waals surface area contributed by atoms with E-state index in [0.717, 1.165) is 38.0 Å². The van der Waals surface area contributed by atoms with Crippen molar-refractivity contribution in [1.29, 1.82) is 0 Å². The second-order valence-corrected chi connectivity index (χ2v) is 7.16. The van der Waals surface area contributed by atoms with Gasteiger partial charge in [-0.1, -0.05) is 30.3 Å². The average Bonchev–Trinajstić information content (AvgIpc) is 2.64. The van der Waals surface area contributed by atoms with Gasteiger partial charge in [-0.05, 0) is 61.3 Å². The molecule has 4 heteroatoms. The van der Waals surface area contributed by atoms with Crippen LogP contribution in [0.3, 0.4) is 0 Å². The number of nitrogens with one attached hydrogen (secondary N) is 1. The van der Waals surface area contributed by atoms with Gasteiger partial charge in [-0.3, -0.25) is 0 Å². The number of carbonyl (C=O) groups is 1. The number of piperidine rings is 1. The monoisotopic (exact) mass is 340 g/mol. The molecule has 1 N–H and O–H groups in total. The van der Waals surface area contributed by atoms with Crippen LogP contribution in [-0.4, -0.2) is 30.3 Å². The van der Waals surface area contributed by atoms with Crippen LogP contribution in [0.15, 0.2) is 59.5 Å². The maximum atomic E-state index is 12.4. The third-order valence-corrected chi connectivity index (χ3v) is 5.35. The zero-order chi connectivity index (χ0) is 16.8. The highest BCUT2D eigenvalue weighted by Crippen LogP contribution is 2.23. The lowest BCUT2D eigenvalue weighted by atomic mass is 9.90. The maximum absolute atomic E-state index is 12.4. The van der Waals surface area contributed by atoms with Crippen molar-refractivity contribution in [3.05, 3.63) is 60.2 Å². The first-order valence-electron chi connectivity index (χ1n) is 8.48. The minimum Gasteiger partial charge on any atom is -0.325 e. The summed E-state index contributed by atoms with van der Waals surface area (Å²) in [5.74, 6) is 0.678. The van der Waals surface area contributed by atoms with Gasteiger partial charge in [0.05, 0.1) is 0 Å². The molecule has 0 atom stereocenters. The lowest BCUT2D eigenvalue weighted by molar-refractivity contribution is 0.182. The van der Waals surface area contributed by atoms with Crippen molar-refractivity contribution in [3.8, 4) is 0 Å². The largest absolute Gasteiger partial charge is 0.325 e. The lowest BCUT2D eigenvalue weighted by Gasteiger charge is -2.32. The van der Waals surface area contributed by atoms with Crippen molar-refractivity contribution < 1.29 is 4.79 Å². The molecule has 2 aromatic rings. The molecule has 1 saturated heterocycles. The highest BCUT2D eigenvalue weighted by molar-refractivity contribution is 7.98. The molecule has 0 bridgehead atoms. The molecule has 3 rings (SSSR count). The zero-order valence-corrected chi connectivity index (χ0v) is 14.9. The minimum atomic E-state index is 0.0186.